The number of hydrogen-bond donors (Lipinski definition) is 1. The molecule has 47 heavy (non-hydrogen) atoms. The molecule has 1 aromatic carbocycles. The predicted octanol–water partition coefficient (Wildman–Crippen LogP) is 16.1. The number of phenolic OH excluding ortho intramolecular Hbond substituents is 1. The first-order valence-electron chi connectivity index (χ1n) is 22.0. The highest BCUT2D eigenvalue weighted by Gasteiger charge is 2.17. The van der Waals surface area contributed by atoms with Crippen molar-refractivity contribution in [1.82, 2.24) is 0 Å². The molecule has 0 bridgehead atoms. The number of rotatable bonds is 36. The van der Waals surface area contributed by atoms with E-state index in [-0.39, 0.29) is 0 Å². The lowest BCUT2D eigenvalue weighted by molar-refractivity contribution is 0.454. The van der Waals surface area contributed by atoms with E-state index in [1.165, 1.54) is 229 Å². The van der Waals surface area contributed by atoms with Gasteiger partial charge in [0.25, 0.3) is 0 Å². The van der Waals surface area contributed by atoms with Gasteiger partial charge in [0.15, 0.2) is 0 Å². The minimum absolute atomic E-state index is 0.699. The summed E-state index contributed by atoms with van der Waals surface area (Å²) in [7, 11) is 0. The van der Waals surface area contributed by atoms with Crippen molar-refractivity contribution < 1.29 is 5.11 Å². The van der Waals surface area contributed by atoms with Crippen molar-refractivity contribution in [2.24, 2.45) is 0 Å². The summed E-state index contributed by atoms with van der Waals surface area (Å²) in [5, 5.41) is 11.8. The average Bonchev–Trinajstić information content (AvgIpc) is 3.08. The summed E-state index contributed by atoms with van der Waals surface area (Å²) in [6.07, 6.45) is 48.2. The van der Waals surface area contributed by atoms with Gasteiger partial charge in [-0.2, -0.15) is 0 Å². The topological polar surface area (TPSA) is 20.2 Å². The average molecular weight is 655 g/mol. The van der Waals surface area contributed by atoms with E-state index in [0.717, 1.165) is 12.8 Å². The molecule has 1 heteroatoms. The SMILES string of the molecule is CCCCCCCCCCc1cc(CCCCCCCCCC)c(CCCCCCCCCC)c(CCCCCCCCCC)c1O. The molecule has 0 amide bonds. The Morgan fingerprint density at radius 2 is 0.553 bits per heavy atom. The summed E-state index contributed by atoms with van der Waals surface area (Å²) in [4.78, 5) is 0. The van der Waals surface area contributed by atoms with E-state index in [4.69, 9.17) is 0 Å². The highest BCUT2D eigenvalue weighted by molar-refractivity contribution is 5.50. The molecule has 1 nitrogen and oxygen atoms in total. The van der Waals surface area contributed by atoms with Crippen LogP contribution >= 0.6 is 0 Å². The molecule has 1 aromatic rings. The van der Waals surface area contributed by atoms with Gasteiger partial charge in [0, 0.05) is 0 Å². The number of hydrogen-bond acceptors (Lipinski definition) is 1. The molecule has 0 unspecified atom stereocenters. The van der Waals surface area contributed by atoms with Crippen LogP contribution in [-0.2, 0) is 25.7 Å². The number of aryl methyl sites for hydroxylation is 2. The van der Waals surface area contributed by atoms with Gasteiger partial charge in [-0.15, -0.1) is 0 Å². The fourth-order valence-electron chi connectivity index (χ4n) is 7.66. The molecular formula is C46H86O. The second-order valence-electron chi connectivity index (χ2n) is 15.4. The monoisotopic (exact) mass is 655 g/mol. The molecule has 0 saturated heterocycles. The Bertz CT molecular complexity index is 795. The van der Waals surface area contributed by atoms with Crippen molar-refractivity contribution in [2.45, 2.75) is 259 Å². The van der Waals surface area contributed by atoms with E-state index >= 15 is 0 Å². The van der Waals surface area contributed by atoms with E-state index in [1.54, 1.807) is 11.1 Å². The molecule has 1 N–H and O–H groups in total. The van der Waals surface area contributed by atoms with Crippen molar-refractivity contribution in [3.05, 3.63) is 28.3 Å². The fraction of sp³-hybridized carbons (Fsp3) is 0.870. The maximum Gasteiger partial charge on any atom is 0.122 e. The Labute approximate surface area is 297 Å². The lowest BCUT2D eigenvalue weighted by Gasteiger charge is -2.21. The smallest absolute Gasteiger partial charge is 0.122 e. The Morgan fingerprint density at radius 1 is 0.298 bits per heavy atom. The lowest BCUT2D eigenvalue weighted by atomic mass is 9.86. The van der Waals surface area contributed by atoms with Gasteiger partial charge in [0.05, 0.1) is 0 Å². The van der Waals surface area contributed by atoms with Crippen LogP contribution in [0.3, 0.4) is 0 Å². The summed E-state index contributed by atoms with van der Waals surface area (Å²) >= 11 is 0. The molecule has 0 fully saturated rings. The second-order valence-corrected chi connectivity index (χ2v) is 15.4. The summed E-state index contributed by atoms with van der Waals surface area (Å²) < 4.78 is 0. The highest BCUT2D eigenvalue weighted by Crippen LogP contribution is 2.34. The van der Waals surface area contributed by atoms with Crippen molar-refractivity contribution in [2.75, 3.05) is 0 Å². The van der Waals surface area contributed by atoms with Crippen LogP contribution in [0.5, 0.6) is 5.75 Å². The van der Waals surface area contributed by atoms with Crippen LogP contribution in [0.1, 0.15) is 255 Å². The van der Waals surface area contributed by atoms with E-state index in [2.05, 4.69) is 33.8 Å². The standard InChI is InChI=1S/C46H86O/c1-5-9-13-17-21-25-29-33-37-42-41-43(38-34-30-26-22-18-14-10-6-2)46(47)45(40-36-32-28-24-20-16-12-8-4)44(42)39-35-31-27-23-19-15-11-7-3/h41,47H,5-40H2,1-4H3. The maximum atomic E-state index is 11.8. The van der Waals surface area contributed by atoms with Gasteiger partial charge in [0.1, 0.15) is 5.75 Å². The summed E-state index contributed by atoms with van der Waals surface area (Å²) in [5.41, 5.74) is 5.82. The van der Waals surface area contributed by atoms with E-state index in [1.807, 2.05) is 0 Å². The predicted molar refractivity (Wildman–Crippen MR) is 213 cm³/mol. The molecule has 0 atom stereocenters. The zero-order valence-electron chi connectivity index (χ0n) is 33.0. The molecule has 0 aliphatic carbocycles. The zero-order valence-corrected chi connectivity index (χ0v) is 33.0. The quantitative estimate of drug-likeness (QED) is 0.0714. The van der Waals surface area contributed by atoms with Crippen LogP contribution in [0.15, 0.2) is 6.07 Å². The van der Waals surface area contributed by atoms with Gasteiger partial charge in [0.2, 0.25) is 0 Å². The van der Waals surface area contributed by atoms with E-state index in [0.29, 0.717) is 5.75 Å². The van der Waals surface area contributed by atoms with Gasteiger partial charge < -0.3 is 5.11 Å². The Balaban J connectivity index is 2.94. The molecule has 0 radical (unpaired) electrons. The highest BCUT2D eigenvalue weighted by atomic mass is 16.3. The third-order valence-corrected chi connectivity index (χ3v) is 10.9. The van der Waals surface area contributed by atoms with Crippen LogP contribution in [0.2, 0.25) is 0 Å². The minimum atomic E-state index is 0.699. The molecule has 0 aliphatic rings. The Morgan fingerprint density at radius 3 is 0.894 bits per heavy atom. The van der Waals surface area contributed by atoms with Crippen LogP contribution in [-0.4, -0.2) is 5.11 Å². The van der Waals surface area contributed by atoms with Crippen molar-refractivity contribution in [3.63, 3.8) is 0 Å². The zero-order chi connectivity index (χ0) is 34.0. The number of aromatic hydroxyl groups is 1. The van der Waals surface area contributed by atoms with Crippen LogP contribution < -0.4 is 0 Å². The second kappa shape index (κ2) is 33.5. The molecule has 0 spiro atoms. The number of unbranched alkanes of at least 4 members (excludes halogenated alkanes) is 28. The molecule has 1 rings (SSSR count). The van der Waals surface area contributed by atoms with Crippen molar-refractivity contribution in [3.8, 4) is 5.75 Å². The summed E-state index contributed by atoms with van der Waals surface area (Å²) in [6.45, 7) is 9.24. The first-order valence-corrected chi connectivity index (χ1v) is 22.0. The molecule has 0 aromatic heterocycles. The Kier molecular flexibility index (Phi) is 31.4. The first-order chi connectivity index (χ1) is 23.2. The normalized spacial score (nSPS) is 11.6. The van der Waals surface area contributed by atoms with Gasteiger partial charge in [-0.3, -0.25) is 0 Å². The molecular weight excluding hydrogens is 569 g/mol. The lowest BCUT2D eigenvalue weighted by Crippen LogP contribution is -2.06. The molecule has 276 valence electrons. The Hall–Kier alpha value is -0.980. The van der Waals surface area contributed by atoms with Crippen LogP contribution in [0.4, 0.5) is 0 Å². The van der Waals surface area contributed by atoms with Crippen LogP contribution in [0.25, 0.3) is 0 Å². The summed E-state index contributed by atoms with van der Waals surface area (Å²) in [5.74, 6) is 0.699. The van der Waals surface area contributed by atoms with Gasteiger partial charge >= 0.3 is 0 Å². The van der Waals surface area contributed by atoms with Gasteiger partial charge in [-0.05, 0) is 73.6 Å². The van der Waals surface area contributed by atoms with Gasteiger partial charge in [-0.1, -0.05) is 214 Å². The van der Waals surface area contributed by atoms with Gasteiger partial charge in [-0.25, -0.2) is 0 Å². The number of benzene rings is 1. The summed E-state index contributed by atoms with van der Waals surface area (Å²) in [6, 6.07) is 2.50. The third kappa shape index (κ3) is 23.9. The molecule has 0 aliphatic heterocycles. The van der Waals surface area contributed by atoms with Crippen LogP contribution in [0, 0.1) is 0 Å². The molecule has 0 saturated carbocycles. The van der Waals surface area contributed by atoms with E-state index < -0.39 is 0 Å². The molecule has 0 heterocycles. The minimum Gasteiger partial charge on any atom is -0.507 e. The third-order valence-electron chi connectivity index (χ3n) is 10.9. The maximum absolute atomic E-state index is 11.8. The van der Waals surface area contributed by atoms with E-state index in [9.17, 15) is 5.11 Å². The largest absolute Gasteiger partial charge is 0.507 e. The van der Waals surface area contributed by atoms with Crippen molar-refractivity contribution >= 4 is 0 Å². The van der Waals surface area contributed by atoms with Crippen molar-refractivity contribution in [1.29, 1.82) is 0 Å². The first kappa shape index (κ1) is 44.0. The number of phenols is 1. The fourth-order valence-corrected chi connectivity index (χ4v) is 7.66.